The van der Waals surface area contributed by atoms with E-state index in [-0.39, 0.29) is 22.3 Å². The normalized spacial score (nSPS) is 13.3. The summed E-state index contributed by atoms with van der Waals surface area (Å²) >= 11 is 6.17. The maximum Gasteiger partial charge on any atom is 0.169 e. The highest BCUT2D eigenvalue weighted by Crippen LogP contribution is 2.39. The molecule has 0 radical (unpaired) electrons. The Bertz CT molecular complexity index is 1410. The molecule has 34 heavy (non-hydrogen) atoms. The van der Waals surface area contributed by atoms with Crippen LogP contribution in [0.2, 0.25) is 5.02 Å². The van der Waals surface area contributed by atoms with Crippen molar-refractivity contribution in [2.45, 2.75) is 26.3 Å². The molecule has 0 amide bonds. The Hall–Kier alpha value is -3.35. The number of fused-ring (bicyclic) bond motifs is 1. The molecule has 0 atom stereocenters. The van der Waals surface area contributed by atoms with Gasteiger partial charge in [0.05, 0.1) is 16.8 Å². The van der Waals surface area contributed by atoms with E-state index in [9.17, 15) is 9.18 Å². The molecule has 0 bridgehead atoms. The Morgan fingerprint density at radius 2 is 1.85 bits per heavy atom. The van der Waals surface area contributed by atoms with Crippen LogP contribution in [0.5, 0.6) is 0 Å². The van der Waals surface area contributed by atoms with Crippen LogP contribution in [0.25, 0.3) is 22.0 Å². The van der Waals surface area contributed by atoms with Gasteiger partial charge in [-0.05, 0) is 61.2 Å². The van der Waals surface area contributed by atoms with Crippen molar-refractivity contribution >= 4 is 39.7 Å². The summed E-state index contributed by atoms with van der Waals surface area (Å²) in [5.74, 6) is -1.09. The van der Waals surface area contributed by atoms with Gasteiger partial charge in [-0.1, -0.05) is 23.7 Å². The van der Waals surface area contributed by atoms with Crippen molar-refractivity contribution in [3.05, 3.63) is 88.1 Å². The number of ketones is 1. The van der Waals surface area contributed by atoms with Gasteiger partial charge in [-0.3, -0.25) is 9.78 Å². The molecular weight excluding hydrogens is 456 g/mol. The Morgan fingerprint density at radius 3 is 2.50 bits per heavy atom. The zero-order valence-corrected chi connectivity index (χ0v) is 19.2. The van der Waals surface area contributed by atoms with E-state index >= 15 is 4.39 Å². The molecule has 0 unspecified atom stereocenters. The third-order valence-electron chi connectivity index (χ3n) is 6.22. The molecule has 4 aromatic rings. The summed E-state index contributed by atoms with van der Waals surface area (Å²) in [6.07, 6.45) is 3.19. The third kappa shape index (κ3) is 4.15. The van der Waals surface area contributed by atoms with E-state index in [0.717, 1.165) is 24.1 Å². The molecule has 1 aromatic heterocycles. The van der Waals surface area contributed by atoms with Gasteiger partial charge in [-0.2, -0.15) is 0 Å². The highest BCUT2D eigenvalue weighted by atomic mass is 35.5. The number of nitrogens with two attached hydrogens (primary N) is 1. The van der Waals surface area contributed by atoms with E-state index in [1.54, 1.807) is 13.0 Å². The number of anilines is 2. The fourth-order valence-electron chi connectivity index (χ4n) is 3.99. The van der Waals surface area contributed by atoms with Crippen LogP contribution in [0, 0.1) is 24.5 Å². The second kappa shape index (κ2) is 8.78. The number of benzene rings is 3. The molecule has 1 fully saturated rings. The van der Waals surface area contributed by atoms with Crippen molar-refractivity contribution in [1.29, 1.82) is 0 Å². The highest BCUT2D eigenvalue weighted by molar-refractivity contribution is 6.31. The lowest BCUT2D eigenvalue weighted by Crippen LogP contribution is -2.08. The first-order valence-corrected chi connectivity index (χ1v) is 11.4. The van der Waals surface area contributed by atoms with Gasteiger partial charge in [0.1, 0.15) is 11.6 Å². The quantitative estimate of drug-likeness (QED) is 0.295. The van der Waals surface area contributed by atoms with Crippen molar-refractivity contribution < 1.29 is 13.6 Å². The lowest BCUT2D eigenvalue weighted by molar-refractivity contribution is 0.0968. The Balaban J connectivity index is 1.70. The van der Waals surface area contributed by atoms with E-state index < -0.39 is 11.6 Å². The Morgan fingerprint density at radius 1 is 1.12 bits per heavy atom. The summed E-state index contributed by atoms with van der Waals surface area (Å²) < 4.78 is 29.5. The minimum absolute atomic E-state index is 0.00535. The number of aromatic nitrogens is 1. The van der Waals surface area contributed by atoms with E-state index in [1.165, 1.54) is 24.4 Å². The average molecular weight is 478 g/mol. The number of carbonyl (C=O) groups is 1. The van der Waals surface area contributed by atoms with E-state index in [2.05, 4.69) is 10.3 Å². The average Bonchev–Trinajstić information content (AvgIpc) is 3.68. The van der Waals surface area contributed by atoms with Crippen molar-refractivity contribution in [1.82, 2.24) is 4.98 Å². The predicted octanol–water partition coefficient (Wildman–Crippen LogP) is 6.94. The predicted molar refractivity (Wildman–Crippen MR) is 132 cm³/mol. The molecule has 1 heterocycles. The zero-order chi connectivity index (χ0) is 24.0. The molecule has 1 saturated carbocycles. The number of rotatable bonds is 6. The van der Waals surface area contributed by atoms with Crippen LogP contribution < -0.4 is 11.1 Å². The molecule has 1 aliphatic carbocycles. The summed E-state index contributed by atoms with van der Waals surface area (Å²) in [5.41, 5.74) is 9.59. The van der Waals surface area contributed by atoms with Crippen molar-refractivity contribution in [3.8, 4) is 11.1 Å². The summed E-state index contributed by atoms with van der Waals surface area (Å²) in [5, 5.41) is 4.11. The van der Waals surface area contributed by atoms with Crippen LogP contribution in [-0.4, -0.2) is 10.8 Å². The molecule has 3 aromatic carbocycles. The standard InChI is InChI=1S/C27H22ClF2N3O/c1-14-22(28)8-17(9-23(14)29)19-10-20-25(11-24(19)30)32-13-21(27(34)16-4-5-16)26(20)33-18-6-2-15(12-31)3-7-18/h2-3,6-11,13,16H,4-5,12,31H2,1H3,(H,32,33). The van der Waals surface area contributed by atoms with Crippen LogP contribution in [0.1, 0.15) is 34.3 Å². The van der Waals surface area contributed by atoms with Gasteiger partial charge >= 0.3 is 0 Å². The molecule has 1 aliphatic rings. The summed E-state index contributed by atoms with van der Waals surface area (Å²) in [6, 6.07) is 13.2. The van der Waals surface area contributed by atoms with E-state index in [1.807, 2.05) is 24.3 Å². The number of nitrogens with one attached hydrogen (secondary N) is 1. The zero-order valence-electron chi connectivity index (χ0n) is 18.5. The van der Waals surface area contributed by atoms with Gasteiger partial charge in [0.2, 0.25) is 0 Å². The van der Waals surface area contributed by atoms with Gasteiger partial charge in [0.25, 0.3) is 0 Å². The van der Waals surface area contributed by atoms with Crippen LogP contribution in [0.4, 0.5) is 20.2 Å². The van der Waals surface area contributed by atoms with Gasteiger partial charge in [-0.25, -0.2) is 8.78 Å². The fourth-order valence-corrected chi connectivity index (χ4v) is 4.20. The smallest absolute Gasteiger partial charge is 0.169 e. The number of carbonyl (C=O) groups excluding carboxylic acids is 1. The molecule has 4 nitrogen and oxygen atoms in total. The van der Waals surface area contributed by atoms with Gasteiger partial charge in [0, 0.05) is 51.9 Å². The minimum Gasteiger partial charge on any atom is -0.354 e. The number of halogens is 3. The first-order valence-electron chi connectivity index (χ1n) is 11.0. The lowest BCUT2D eigenvalue weighted by Gasteiger charge is -2.16. The topological polar surface area (TPSA) is 68.0 Å². The molecule has 0 spiro atoms. The van der Waals surface area contributed by atoms with Crippen LogP contribution in [0.3, 0.4) is 0 Å². The largest absolute Gasteiger partial charge is 0.354 e. The number of Topliss-reactive ketones (excluding diaryl/α,β-unsaturated/α-hetero) is 1. The van der Waals surface area contributed by atoms with E-state index in [0.29, 0.717) is 39.8 Å². The van der Waals surface area contributed by atoms with Crippen LogP contribution in [-0.2, 0) is 6.54 Å². The highest BCUT2D eigenvalue weighted by Gasteiger charge is 2.32. The molecule has 172 valence electrons. The minimum atomic E-state index is -0.557. The summed E-state index contributed by atoms with van der Waals surface area (Å²) in [6.45, 7) is 1.98. The van der Waals surface area contributed by atoms with Gasteiger partial charge in [-0.15, -0.1) is 0 Å². The van der Waals surface area contributed by atoms with Crippen molar-refractivity contribution in [2.75, 3.05) is 5.32 Å². The van der Waals surface area contributed by atoms with Gasteiger partial charge < -0.3 is 11.1 Å². The number of nitrogens with zero attached hydrogens (tertiary/aromatic N) is 1. The summed E-state index contributed by atoms with van der Waals surface area (Å²) in [7, 11) is 0. The first-order chi connectivity index (χ1) is 16.4. The second-order valence-corrected chi connectivity index (χ2v) is 9.03. The Labute approximate surface area is 200 Å². The van der Waals surface area contributed by atoms with E-state index in [4.69, 9.17) is 17.3 Å². The second-order valence-electron chi connectivity index (χ2n) is 8.63. The Kier molecular flexibility index (Phi) is 5.80. The molecule has 5 rings (SSSR count). The maximum atomic E-state index is 15.1. The number of pyridine rings is 1. The number of hydrogen-bond acceptors (Lipinski definition) is 4. The molecule has 3 N–H and O–H groups in total. The van der Waals surface area contributed by atoms with Crippen LogP contribution in [0.15, 0.2) is 54.7 Å². The first kappa shape index (κ1) is 22.4. The number of hydrogen-bond donors (Lipinski definition) is 2. The maximum absolute atomic E-state index is 15.1. The molecular formula is C27H22ClF2N3O. The molecule has 0 aliphatic heterocycles. The monoisotopic (exact) mass is 477 g/mol. The van der Waals surface area contributed by atoms with Crippen LogP contribution >= 0.6 is 11.6 Å². The fraction of sp³-hybridized carbons (Fsp3) is 0.185. The van der Waals surface area contributed by atoms with Crippen molar-refractivity contribution in [2.24, 2.45) is 11.7 Å². The summed E-state index contributed by atoms with van der Waals surface area (Å²) in [4.78, 5) is 17.4. The molecule has 0 saturated heterocycles. The lowest BCUT2D eigenvalue weighted by atomic mass is 9.97. The van der Waals surface area contributed by atoms with Gasteiger partial charge in [0.15, 0.2) is 5.78 Å². The SMILES string of the molecule is Cc1c(F)cc(-c2cc3c(Nc4ccc(CN)cc4)c(C(=O)C4CC4)cnc3cc2F)cc1Cl. The molecule has 7 heteroatoms. The van der Waals surface area contributed by atoms with Crippen molar-refractivity contribution in [3.63, 3.8) is 0 Å². The third-order valence-corrected chi connectivity index (χ3v) is 6.61.